The van der Waals surface area contributed by atoms with Gasteiger partial charge in [0.15, 0.2) is 0 Å². The summed E-state index contributed by atoms with van der Waals surface area (Å²) in [4.78, 5) is 27.9. The van der Waals surface area contributed by atoms with Gasteiger partial charge in [-0.25, -0.2) is 0 Å². The topological polar surface area (TPSA) is 75.4 Å². The molecule has 0 spiro atoms. The Morgan fingerprint density at radius 3 is 2.48 bits per heavy atom. The highest BCUT2D eigenvalue weighted by Gasteiger charge is 2.31. The zero-order valence-electron chi connectivity index (χ0n) is 16.0. The normalized spacial score (nSPS) is 19.8. The maximum absolute atomic E-state index is 13.3. The van der Waals surface area contributed by atoms with Crippen molar-refractivity contribution in [2.24, 2.45) is 0 Å². The molecule has 6 nitrogen and oxygen atoms in total. The lowest BCUT2D eigenvalue weighted by Gasteiger charge is -2.39. The van der Waals surface area contributed by atoms with Gasteiger partial charge in [-0.15, -0.1) is 0 Å². The third-order valence-electron chi connectivity index (χ3n) is 5.15. The van der Waals surface area contributed by atoms with Crippen molar-refractivity contribution in [2.75, 3.05) is 5.32 Å². The molecule has 27 heavy (non-hydrogen) atoms. The van der Waals surface area contributed by atoms with E-state index in [2.05, 4.69) is 24.3 Å². The highest BCUT2D eigenvalue weighted by Crippen LogP contribution is 2.29. The van der Waals surface area contributed by atoms with Crippen LogP contribution in [-0.4, -0.2) is 34.0 Å². The fraction of sp³-hybridized carbons (Fsp3) is 0.450. The molecule has 1 saturated heterocycles. The van der Waals surface area contributed by atoms with Gasteiger partial charge in [0.05, 0.1) is 16.9 Å². The van der Waals surface area contributed by atoms with E-state index < -0.39 is 0 Å². The Labute approximate surface area is 163 Å². The van der Waals surface area contributed by atoms with Crippen LogP contribution in [0.3, 0.4) is 0 Å². The Kier molecular flexibility index (Phi) is 5.56. The van der Waals surface area contributed by atoms with Crippen molar-refractivity contribution in [3.63, 3.8) is 0 Å². The number of carbonyl (C=O) groups is 2. The first-order valence-electron chi connectivity index (χ1n) is 9.16. The molecule has 0 radical (unpaired) electrons. The van der Waals surface area contributed by atoms with Crippen molar-refractivity contribution in [1.82, 2.24) is 10.1 Å². The molecule has 3 rings (SSSR count). The first kappa shape index (κ1) is 19.4. The summed E-state index contributed by atoms with van der Waals surface area (Å²) in [6.45, 7) is 7.50. The van der Waals surface area contributed by atoms with Crippen LogP contribution in [0.15, 0.2) is 22.7 Å². The highest BCUT2D eigenvalue weighted by atomic mass is 35.5. The van der Waals surface area contributed by atoms with Crippen LogP contribution in [0.1, 0.15) is 65.3 Å². The molecule has 1 N–H and O–H groups in total. The van der Waals surface area contributed by atoms with E-state index >= 15 is 0 Å². The van der Waals surface area contributed by atoms with Gasteiger partial charge in [0.1, 0.15) is 11.3 Å². The summed E-state index contributed by atoms with van der Waals surface area (Å²) < 4.78 is 5.07. The van der Waals surface area contributed by atoms with Gasteiger partial charge in [0, 0.05) is 17.1 Å². The number of anilines is 1. The molecule has 0 bridgehead atoms. The zero-order valence-corrected chi connectivity index (χ0v) is 16.8. The second kappa shape index (κ2) is 7.72. The summed E-state index contributed by atoms with van der Waals surface area (Å²) in [5.74, 6) is -0.0428. The van der Waals surface area contributed by atoms with Crippen LogP contribution < -0.4 is 5.32 Å². The van der Waals surface area contributed by atoms with Gasteiger partial charge in [-0.05, 0) is 65.2 Å². The summed E-state index contributed by atoms with van der Waals surface area (Å²) >= 11 is 6.15. The molecule has 2 heterocycles. The summed E-state index contributed by atoms with van der Waals surface area (Å²) in [7, 11) is 0. The zero-order chi connectivity index (χ0) is 19.7. The van der Waals surface area contributed by atoms with E-state index in [-0.39, 0.29) is 23.9 Å². The molecule has 2 atom stereocenters. The fourth-order valence-electron chi connectivity index (χ4n) is 3.76. The van der Waals surface area contributed by atoms with Crippen molar-refractivity contribution in [3.05, 3.63) is 45.8 Å². The largest absolute Gasteiger partial charge is 0.361 e. The Morgan fingerprint density at radius 2 is 1.89 bits per heavy atom. The van der Waals surface area contributed by atoms with Crippen LogP contribution in [0.25, 0.3) is 0 Å². The van der Waals surface area contributed by atoms with Crippen LogP contribution >= 0.6 is 11.6 Å². The molecule has 1 fully saturated rings. The SMILES string of the molecule is Cc1noc(C)c1C(=O)Nc1ccc(Cl)cc1C(=O)N1C(C)CCCC1C. The quantitative estimate of drug-likeness (QED) is 0.832. The molecule has 0 aliphatic carbocycles. The molecule has 2 amide bonds. The number of hydrogen-bond acceptors (Lipinski definition) is 4. The number of halogens is 1. The fourth-order valence-corrected chi connectivity index (χ4v) is 3.93. The maximum Gasteiger partial charge on any atom is 0.261 e. The van der Waals surface area contributed by atoms with Crippen molar-refractivity contribution < 1.29 is 14.1 Å². The Balaban J connectivity index is 1.94. The average molecular weight is 390 g/mol. The van der Waals surface area contributed by atoms with E-state index in [1.807, 2.05) is 4.90 Å². The average Bonchev–Trinajstić information content (AvgIpc) is 2.94. The van der Waals surface area contributed by atoms with Crippen LogP contribution in [-0.2, 0) is 0 Å². The second-order valence-corrected chi connectivity index (χ2v) is 7.62. The van der Waals surface area contributed by atoms with Gasteiger partial charge in [0.2, 0.25) is 0 Å². The van der Waals surface area contributed by atoms with Gasteiger partial charge in [0.25, 0.3) is 11.8 Å². The lowest BCUT2D eigenvalue weighted by Crippen LogP contribution is -2.47. The molecule has 1 aliphatic rings. The number of piperidine rings is 1. The van der Waals surface area contributed by atoms with Gasteiger partial charge in [-0.2, -0.15) is 0 Å². The van der Waals surface area contributed by atoms with Crippen molar-refractivity contribution in [2.45, 2.75) is 59.0 Å². The Morgan fingerprint density at radius 1 is 1.22 bits per heavy atom. The van der Waals surface area contributed by atoms with Crippen LogP contribution in [0.2, 0.25) is 5.02 Å². The molecular formula is C20H24ClN3O3. The number of carbonyl (C=O) groups excluding carboxylic acids is 2. The van der Waals surface area contributed by atoms with E-state index in [1.54, 1.807) is 32.0 Å². The van der Waals surface area contributed by atoms with Gasteiger partial charge in [-0.3, -0.25) is 9.59 Å². The first-order valence-corrected chi connectivity index (χ1v) is 9.53. The van der Waals surface area contributed by atoms with Crippen molar-refractivity contribution >= 4 is 29.1 Å². The molecule has 7 heteroatoms. The van der Waals surface area contributed by atoms with Crippen molar-refractivity contribution in [1.29, 1.82) is 0 Å². The number of aromatic nitrogens is 1. The molecule has 2 unspecified atom stereocenters. The van der Waals surface area contributed by atoms with Gasteiger partial charge >= 0.3 is 0 Å². The third-order valence-corrected chi connectivity index (χ3v) is 5.38. The molecule has 2 aromatic rings. The highest BCUT2D eigenvalue weighted by molar-refractivity contribution is 6.31. The molecule has 1 aromatic heterocycles. The minimum atomic E-state index is -0.359. The lowest BCUT2D eigenvalue weighted by molar-refractivity contribution is 0.0512. The predicted molar refractivity (Wildman–Crippen MR) is 104 cm³/mol. The van der Waals surface area contributed by atoms with Crippen molar-refractivity contribution in [3.8, 4) is 0 Å². The standard InChI is InChI=1S/C20H24ClN3O3/c1-11-6-5-7-12(2)24(11)20(26)16-10-15(21)8-9-17(16)22-19(25)18-13(3)23-27-14(18)4/h8-12H,5-7H2,1-4H3,(H,22,25). The smallest absolute Gasteiger partial charge is 0.261 e. The van der Waals surface area contributed by atoms with Gasteiger partial charge < -0.3 is 14.7 Å². The summed E-state index contributed by atoms with van der Waals surface area (Å²) in [6, 6.07) is 5.22. The molecule has 0 saturated carbocycles. The molecule has 1 aromatic carbocycles. The minimum absolute atomic E-state index is 0.119. The van der Waals surface area contributed by atoms with E-state index in [0.29, 0.717) is 33.3 Å². The van der Waals surface area contributed by atoms with E-state index in [1.165, 1.54) is 0 Å². The van der Waals surface area contributed by atoms with Crippen LogP contribution in [0, 0.1) is 13.8 Å². The third kappa shape index (κ3) is 3.86. The number of nitrogens with zero attached hydrogens (tertiary/aromatic N) is 2. The van der Waals surface area contributed by atoms with E-state index in [4.69, 9.17) is 16.1 Å². The first-order chi connectivity index (χ1) is 12.8. The summed E-state index contributed by atoms with van der Waals surface area (Å²) in [6.07, 6.45) is 3.05. The summed E-state index contributed by atoms with van der Waals surface area (Å²) in [5, 5.41) is 7.09. The number of aryl methyl sites for hydroxylation is 2. The Hall–Kier alpha value is -2.34. The number of likely N-dealkylation sites (tertiary alicyclic amines) is 1. The number of benzene rings is 1. The van der Waals surface area contributed by atoms with E-state index in [9.17, 15) is 9.59 Å². The van der Waals surface area contributed by atoms with Crippen LogP contribution in [0.5, 0.6) is 0 Å². The van der Waals surface area contributed by atoms with Gasteiger partial charge in [-0.1, -0.05) is 16.8 Å². The monoisotopic (exact) mass is 389 g/mol. The number of nitrogens with one attached hydrogen (secondary N) is 1. The summed E-state index contributed by atoms with van der Waals surface area (Å²) in [5.41, 5.74) is 1.70. The second-order valence-electron chi connectivity index (χ2n) is 7.18. The minimum Gasteiger partial charge on any atom is -0.361 e. The molecule has 144 valence electrons. The maximum atomic E-state index is 13.3. The predicted octanol–water partition coefficient (Wildman–Crippen LogP) is 4.60. The molecule has 1 aliphatic heterocycles. The Bertz CT molecular complexity index is 848. The number of hydrogen-bond donors (Lipinski definition) is 1. The number of amides is 2. The lowest BCUT2D eigenvalue weighted by atomic mass is 9.96. The van der Waals surface area contributed by atoms with E-state index in [0.717, 1.165) is 19.3 Å². The number of rotatable bonds is 3. The van der Waals surface area contributed by atoms with Crippen LogP contribution in [0.4, 0.5) is 5.69 Å². The molecular weight excluding hydrogens is 366 g/mol.